The molecule has 0 saturated heterocycles. The van der Waals surface area contributed by atoms with Crippen molar-refractivity contribution in [2.45, 2.75) is 110 Å². The van der Waals surface area contributed by atoms with Gasteiger partial charge in [-0.05, 0) is 0 Å². The molecule has 2 aliphatic rings. The van der Waals surface area contributed by atoms with Crippen LogP contribution in [0.1, 0.15) is 68.2 Å². The van der Waals surface area contributed by atoms with Crippen molar-refractivity contribution in [3.05, 3.63) is 22.0 Å². The molecular weight excluding hydrogens is 582 g/mol. The van der Waals surface area contributed by atoms with Crippen LogP contribution in [0.4, 0.5) is 0 Å². The summed E-state index contributed by atoms with van der Waals surface area (Å²) in [5, 5.41) is 11.9. The van der Waals surface area contributed by atoms with Crippen LogP contribution in [0.25, 0.3) is 0 Å². The molecule has 0 N–H and O–H groups in total. The van der Waals surface area contributed by atoms with Crippen molar-refractivity contribution in [3.63, 3.8) is 0 Å². The monoisotopic (exact) mass is 644 g/mol. The van der Waals surface area contributed by atoms with Gasteiger partial charge in [0.25, 0.3) is 0 Å². The van der Waals surface area contributed by atoms with Crippen LogP contribution < -0.4 is 0 Å². The van der Waals surface area contributed by atoms with Crippen molar-refractivity contribution in [2.24, 2.45) is 11.8 Å². The van der Waals surface area contributed by atoms with Crippen molar-refractivity contribution in [2.75, 3.05) is 26.2 Å². The van der Waals surface area contributed by atoms with E-state index >= 15 is 0 Å². The molecule has 2 heterocycles. The Morgan fingerprint density at radius 1 is 0.636 bits per heavy atom. The third-order valence-corrected chi connectivity index (χ3v) is 43.1. The molecule has 0 amide bonds. The molecular formula is C28H58Ge3N2. The standard InChI is InChI=1S/C28H58Ge3N2/c1-9-27-23-29(11-3,12-4)19-17-21-32(25-27)31(15-7,16-8)33-22-18-20-30(13-5,14-6)24-28(10-2)26-33/h17-20,27-28H,9-16,21-26H2,1-8H3/b19-17-,20-18-. The molecule has 2 rings (SSSR count). The molecule has 0 saturated carbocycles. The van der Waals surface area contributed by atoms with Crippen LogP contribution in [-0.4, -0.2) is 74.1 Å². The zero-order valence-corrected chi connectivity index (χ0v) is 30.1. The second-order valence-corrected chi connectivity index (χ2v) is 41.6. The van der Waals surface area contributed by atoms with Crippen LogP contribution in [-0.2, 0) is 0 Å². The Hall–Kier alpha value is 1.03. The van der Waals surface area contributed by atoms with E-state index in [0.717, 1.165) is 11.8 Å². The Bertz CT molecular complexity index is 571. The summed E-state index contributed by atoms with van der Waals surface area (Å²) in [6, 6.07) is 0. The maximum atomic E-state index is 3.12. The Labute approximate surface area is 216 Å². The van der Waals surface area contributed by atoms with Crippen LogP contribution in [0.2, 0.25) is 42.0 Å². The van der Waals surface area contributed by atoms with Gasteiger partial charge in [-0.3, -0.25) is 0 Å². The summed E-state index contributed by atoms with van der Waals surface area (Å²) in [5.41, 5.74) is 0. The molecule has 2 aliphatic heterocycles. The summed E-state index contributed by atoms with van der Waals surface area (Å²) in [5.74, 6) is 1.85. The first-order valence-corrected chi connectivity index (χ1v) is 30.9. The van der Waals surface area contributed by atoms with E-state index in [4.69, 9.17) is 0 Å². The average molecular weight is 641 g/mol. The predicted octanol–water partition coefficient (Wildman–Crippen LogP) is 8.32. The van der Waals surface area contributed by atoms with Gasteiger partial charge in [-0.2, -0.15) is 0 Å². The number of nitrogens with zero attached hydrogens (tertiary/aromatic N) is 2. The van der Waals surface area contributed by atoms with E-state index < -0.39 is 40.2 Å². The molecule has 2 nitrogen and oxygen atoms in total. The van der Waals surface area contributed by atoms with Crippen molar-refractivity contribution >= 4 is 40.2 Å². The minimum absolute atomic E-state index is 0.924. The molecule has 33 heavy (non-hydrogen) atoms. The van der Waals surface area contributed by atoms with E-state index in [2.05, 4.69) is 85.1 Å². The zero-order valence-electron chi connectivity index (χ0n) is 23.8. The van der Waals surface area contributed by atoms with Gasteiger partial charge in [-0.25, -0.2) is 0 Å². The van der Waals surface area contributed by atoms with Crippen LogP contribution in [0.15, 0.2) is 22.0 Å². The molecule has 192 valence electrons. The molecule has 2 atom stereocenters. The Morgan fingerprint density at radius 3 is 1.27 bits per heavy atom. The van der Waals surface area contributed by atoms with Gasteiger partial charge in [0.2, 0.25) is 0 Å². The molecule has 0 bridgehead atoms. The second kappa shape index (κ2) is 14.1. The number of hydrogen-bond donors (Lipinski definition) is 0. The zero-order chi connectivity index (χ0) is 24.5. The normalized spacial score (nSPS) is 29.0. The van der Waals surface area contributed by atoms with Gasteiger partial charge in [-0.1, -0.05) is 0 Å². The summed E-state index contributed by atoms with van der Waals surface area (Å²) in [6.45, 7) is 25.3. The fourth-order valence-electron chi connectivity index (χ4n) is 7.17. The summed E-state index contributed by atoms with van der Waals surface area (Å²) in [4.78, 5) is 5.67. The van der Waals surface area contributed by atoms with E-state index in [1.807, 2.05) is 0 Å². The van der Waals surface area contributed by atoms with Crippen LogP contribution in [0, 0.1) is 11.8 Å². The van der Waals surface area contributed by atoms with Gasteiger partial charge in [0.1, 0.15) is 0 Å². The third kappa shape index (κ3) is 7.08. The van der Waals surface area contributed by atoms with Crippen molar-refractivity contribution < 1.29 is 0 Å². The molecule has 0 radical (unpaired) electrons. The summed E-state index contributed by atoms with van der Waals surface area (Å²) >= 11 is -5.92. The molecule has 0 aromatic carbocycles. The first-order valence-electron chi connectivity index (χ1n) is 14.7. The van der Waals surface area contributed by atoms with E-state index in [0.29, 0.717) is 0 Å². The molecule has 0 aromatic heterocycles. The van der Waals surface area contributed by atoms with Gasteiger partial charge >= 0.3 is 218 Å². The molecule has 2 unspecified atom stereocenters. The third-order valence-electron chi connectivity index (χ3n) is 10.2. The van der Waals surface area contributed by atoms with E-state index in [9.17, 15) is 0 Å². The molecule has 5 heteroatoms. The summed E-state index contributed by atoms with van der Waals surface area (Å²) in [6.07, 6.45) is 8.11. The Kier molecular flexibility index (Phi) is 12.9. The van der Waals surface area contributed by atoms with Crippen molar-refractivity contribution in [1.29, 1.82) is 0 Å². The predicted molar refractivity (Wildman–Crippen MR) is 159 cm³/mol. The molecule has 0 aliphatic carbocycles. The summed E-state index contributed by atoms with van der Waals surface area (Å²) < 4.78 is 6.25. The maximum absolute atomic E-state index is 3.12. The van der Waals surface area contributed by atoms with Crippen molar-refractivity contribution in [3.8, 4) is 0 Å². The van der Waals surface area contributed by atoms with E-state index in [1.165, 1.54) is 70.5 Å². The van der Waals surface area contributed by atoms with Crippen LogP contribution in [0.3, 0.4) is 0 Å². The van der Waals surface area contributed by atoms with E-state index in [1.54, 1.807) is 10.5 Å². The Morgan fingerprint density at radius 2 is 1.00 bits per heavy atom. The molecule has 0 spiro atoms. The van der Waals surface area contributed by atoms with Crippen LogP contribution in [0.5, 0.6) is 0 Å². The SMILES string of the molecule is CCC1C[N]([Ge]([CH2]C)([CH2]C)[N]2C/C=[CH]\[Ge]([CH2]C)([CH2]C)[CH2]C(CC)C2)C/C=[CH]\[Ge]([CH2]C)([CH2]C)[CH2]1. The molecule has 0 aromatic rings. The number of hydrogen-bond acceptors (Lipinski definition) is 2. The first-order chi connectivity index (χ1) is 15.9. The van der Waals surface area contributed by atoms with Gasteiger partial charge < -0.3 is 0 Å². The van der Waals surface area contributed by atoms with Gasteiger partial charge in [0, 0.05) is 0 Å². The van der Waals surface area contributed by atoms with Crippen LogP contribution >= 0.6 is 0 Å². The molecule has 0 fully saturated rings. The fraction of sp³-hybridized carbons (Fsp3) is 0.857. The van der Waals surface area contributed by atoms with Gasteiger partial charge in [0.15, 0.2) is 0 Å². The Balaban J connectivity index is 2.41. The van der Waals surface area contributed by atoms with Crippen molar-refractivity contribution in [1.82, 2.24) is 7.71 Å². The first kappa shape index (κ1) is 30.3. The second-order valence-electron chi connectivity index (χ2n) is 11.4. The minimum atomic E-state index is -2.36. The summed E-state index contributed by atoms with van der Waals surface area (Å²) in [7, 11) is 0. The van der Waals surface area contributed by atoms with E-state index in [-0.39, 0.29) is 0 Å². The van der Waals surface area contributed by atoms with Gasteiger partial charge in [-0.15, -0.1) is 0 Å². The van der Waals surface area contributed by atoms with Gasteiger partial charge in [0.05, 0.1) is 0 Å². The fourth-order valence-corrected chi connectivity index (χ4v) is 33.4. The number of rotatable bonds is 10. The topological polar surface area (TPSA) is 6.48 Å². The average Bonchev–Trinajstić information content (AvgIpc) is 2.82. The quantitative estimate of drug-likeness (QED) is 0.222.